The molecule has 5 nitrogen and oxygen atoms in total. The standard InChI is InChI=1S/C15H21N3O2/c1-9-11-6-10(15(11,2)3)7-12(9)20-14(19)5-4-13-16-8-17-18-13/h8,10-12H,1,4-7H2,2-3H3,(H,16,17,18)/t10-,11+,12+/m1/s1. The quantitative estimate of drug-likeness (QED) is 0.676. The average Bonchev–Trinajstić information content (AvgIpc) is 2.91. The zero-order valence-corrected chi connectivity index (χ0v) is 12.1. The van der Waals surface area contributed by atoms with Crippen LogP contribution >= 0.6 is 0 Å². The average molecular weight is 275 g/mol. The summed E-state index contributed by atoms with van der Waals surface area (Å²) in [5.74, 6) is 1.71. The highest BCUT2D eigenvalue weighted by Gasteiger charge is 2.55. The van der Waals surface area contributed by atoms with Crippen molar-refractivity contribution in [3.05, 3.63) is 24.3 Å². The van der Waals surface area contributed by atoms with Gasteiger partial charge in [-0.25, -0.2) is 4.98 Å². The number of aryl methyl sites for hydroxylation is 1. The normalized spacial score (nSPS) is 30.7. The summed E-state index contributed by atoms with van der Waals surface area (Å²) in [5, 5.41) is 6.50. The number of nitrogens with zero attached hydrogens (tertiary/aromatic N) is 2. The number of hydrogen-bond donors (Lipinski definition) is 1. The first-order chi connectivity index (χ1) is 9.48. The zero-order valence-electron chi connectivity index (χ0n) is 12.1. The van der Waals surface area contributed by atoms with E-state index in [1.807, 2.05) is 0 Å². The molecule has 3 atom stereocenters. The summed E-state index contributed by atoms with van der Waals surface area (Å²) < 4.78 is 5.60. The van der Waals surface area contributed by atoms with Gasteiger partial charge in [0.1, 0.15) is 18.3 Å². The van der Waals surface area contributed by atoms with Gasteiger partial charge in [-0.2, -0.15) is 5.10 Å². The summed E-state index contributed by atoms with van der Waals surface area (Å²) in [4.78, 5) is 15.9. The van der Waals surface area contributed by atoms with E-state index in [1.54, 1.807) is 0 Å². The van der Waals surface area contributed by atoms with Crippen molar-refractivity contribution >= 4 is 5.97 Å². The molecule has 0 radical (unpaired) electrons. The number of carbonyl (C=O) groups is 1. The molecule has 0 saturated heterocycles. The van der Waals surface area contributed by atoms with Gasteiger partial charge in [0.05, 0.1) is 6.42 Å². The maximum absolute atomic E-state index is 11.9. The van der Waals surface area contributed by atoms with Crippen LogP contribution in [0.2, 0.25) is 0 Å². The Kier molecular flexibility index (Phi) is 3.15. The van der Waals surface area contributed by atoms with Crippen molar-refractivity contribution < 1.29 is 9.53 Å². The minimum Gasteiger partial charge on any atom is -0.458 e. The molecule has 0 aliphatic heterocycles. The number of aromatic nitrogens is 3. The lowest BCUT2D eigenvalue weighted by atomic mass is 9.47. The molecule has 4 rings (SSSR count). The molecule has 0 amide bonds. The molecule has 1 N–H and O–H groups in total. The van der Waals surface area contributed by atoms with E-state index in [0.29, 0.717) is 35.9 Å². The molecular weight excluding hydrogens is 254 g/mol. The second-order valence-electron chi connectivity index (χ2n) is 6.53. The van der Waals surface area contributed by atoms with Crippen LogP contribution in [-0.4, -0.2) is 27.3 Å². The topological polar surface area (TPSA) is 67.9 Å². The molecule has 1 aromatic heterocycles. The minimum absolute atomic E-state index is 0.0889. The summed E-state index contributed by atoms with van der Waals surface area (Å²) in [6.07, 6.45) is 4.36. The highest BCUT2D eigenvalue weighted by molar-refractivity contribution is 5.70. The van der Waals surface area contributed by atoms with Gasteiger partial charge in [-0.05, 0) is 35.7 Å². The van der Waals surface area contributed by atoms with E-state index >= 15 is 0 Å². The molecule has 1 heterocycles. The Morgan fingerprint density at radius 1 is 1.55 bits per heavy atom. The molecule has 1 aromatic rings. The Morgan fingerprint density at radius 3 is 2.95 bits per heavy atom. The molecule has 3 aliphatic rings. The first-order valence-corrected chi connectivity index (χ1v) is 7.21. The number of nitrogens with one attached hydrogen (secondary N) is 1. The zero-order chi connectivity index (χ0) is 14.3. The van der Waals surface area contributed by atoms with Gasteiger partial charge in [-0.15, -0.1) is 0 Å². The lowest BCUT2D eigenvalue weighted by Gasteiger charge is -2.59. The maximum atomic E-state index is 11.9. The number of hydrogen-bond acceptors (Lipinski definition) is 4. The molecule has 108 valence electrons. The fraction of sp³-hybridized carbons (Fsp3) is 0.667. The smallest absolute Gasteiger partial charge is 0.306 e. The Bertz CT molecular complexity index is 521. The maximum Gasteiger partial charge on any atom is 0.306 e. The van der Waals surface area contributed by atoms with Crippen molar-refractivity contribution in [2.24, 2.45) is 17.3 Å². The van der Waals surface area contributed by atoms with E-state index in [1.165, 1.54) is 12.7 Å². The van der Waals surface area contributed by atoms with Crippen LogP contribution in [0.15, 0.2) is 18.5 Å². The number of ether oxygens (including phenoxy) is 1. The molecule has 0 spiro atoms. The van der Waals surface area contributed by atoms with Gasteiger partial charge in [0.25, 0.3) is 0 Å². The highest BCUT2D eigenvalue weighted by atomic mass is 16.5. The monoisotopic (exact) mass is 275 g/mol. The van der Waals surface area contributed by atoms with Crippen LogP contribution in [0.3, 0.4) is 0 Å². The lowest BCUT2D eigenvalue weighted by molar-refractivity contribution is -0.156. The van der Waals surface area contributed by atoms with Gasteiger partial charge in [-0.3, -0.25) is 9.89 Å². The van der Waals surface area contributed by atoms with Gasteiger partial charge in [0.2, 0.25) is 0 Å². The largest absolute Gasteiger partial charge is 0.458 e. The van der Waals surface area contributed by atoms with Crippen molar-refractivity contribution in [2.75, 3.05) is 0 Å². The summed E-state index contributed by atoms with van der Waals surface area (Å²) in [5.41, 5.74) is 1.44. The van der Waals surface area contributed by atoms with E-state index in [0.717, 1.165) is 12.0 Å². The summed E-state index contributed by atoms with van der Waals surface area (Å²) in [7, 11) is 0. The van der Waals surface area contributed by atoms with E-state index in [4.69, 9.17) is 4.74 Å². The van der Waals surface area contributed by atoms with Crippen molar-refractivity contribution in [1.29, 1.82) is 0 Å². The van der Waals surface area contributed by atoms with Crippen molar-refractivity contribution in [3.8, 4) is 0 Å². The van der Waals surface area contributed by atoms with Crippen LogP contribution in [0.5, 0.6) is 0 Å². The van der Waals surface area contributed by atoms with Crippen LogP contribution in [0.1, 0.15) is 38.9 Å². The highest BCUT2D eigenvalue weighted by Crippen LogP contribution is 2.61. The first kappa shape index (κ1) is 13.3. The SMILES string of the molecule is C=C1[C@@H](OC(=O)CCc2ncn[nH]2)C[C@H]2C[C@@H]1C2(C)C. The van der Waals surface area contributed by atoms with Gasteiger partial charge < -0.3 is 4.74 Å². The van der Waals surface area contributed by atoms with E-state index in [9.17, 15) is 4.79 Å². The van der Waals surface area contributed by atoms with Crippen molar-refractivity contribution in [1.82, 2.24) is 15.2 Å². The Hall–Kier alpha value is -1.65. The first-order valence-electron chi connectivity index (χ1n) is 7.21. The second kappa shape index (κ2) is 4.72. The van der Waals surface area contributed by atoms with Crippen molar-refractivity contribution in [3.63, 3.8) is 0 Å². The van der Waals surface area contributed by atoms with Crippen LogP contribution < -0.4 is 0 Å². The summed E-state index contributed by atoms with van der Waals surface area (Å²) >= 11 is 0. The van der Waals surface area contributed by atoms with Crippen LogP contribution in [0.25, 0.3) is 0 Å². The minimum atomic E-state index is -0.174. The third kappa shape index (κ3) is 2.15. The van der Waals surface area contributed by atoms with E-state index in [-0.39, 0.29) is 12.1 Å². The predicted octanol–water partition coefficient (Wildman–Crippen LogP) is 2.27. The number of carbonyl (C=O) groups excluding carboxylic acids is 1. The van der Waals surface area contributed by atoms with Crippen LogP contribution in [-0.2, 0) is 16.0 Å². The van der Waals surface area contributed by atoms with Gasteiger partial charge in [-0.1, -0.05) is 20.4 Å². The van der Waals surface area contributed by atoms with Crippen molar-refractivity contribution in [2.45, 2.75) is 45.6 Å². The number of rotatable bonds is 4. The number of H-pyrrole nitrogens is 1. The van der Waals surface area contributed by atoms with Gasteiger partial charge in [0.15, 0.2) is 0 Å². The Morgan fingerprint density at radius 2 is 2.35 bits per heavy atom. The number of fused-ring (bicyclic) bond motifs is 2. The van der Waals surface area contributed by atoms with Crippen LogP contribution in [0, 0.1) is 17.3 Å². The van der Waals surface area contributed by atoms with Gasteiger partial charge >= 0.3 is 5.97 Å². The summed E-state index contributed by atoms with van der Waals surface area (Å²) in [6.45, 7) is 8.75. The fourth-order valence-corrected chi connectivity index (χ4v) is 3.59. The summed E-state index contributed by atoms with van der Waals surface area (Å²) in [6, 6.07) is 0. The lowest BCUT2D eigenvalue weighted by Crippen LogP contribution is -2.54. The molecule has 5 heteroatoms. The number of aromatic amines is 1. The van der Waals surface area contributed by atoms with Crippen LogP contribution in [0.4, 0.5) is 0 Å². The Balaban J connectivity index is 1.51. The van der Waals surface area contributed by atoms with Gasteiger partial charge in [0, 0.05) is 6.42 Å². The molecule has 3 saturated carbocycles. The third-order valence-electron chi connectivity index (χ3n) is 5.13. The molecular formula is C15H21N3O2. The predicted molar refractivity (Wildman–Crippen MR) is 73.7 cm³/mol. The molecule has 0 aromatic carbocycles. The molecule has 20 heavy (non-hydrogen) atoms. The third-order valence-corrected chi connectivity index (χ3v) is 5.13. The second-order valence-corrected chi connectivity index (χ2v) is 6.53. The van der Waals surface area contributed by atoms with E-state index < -0.39 is 0 Å². The molecule has 3 fully saturated rings. The fourth-order valence-electron chi connectivity index (χ4n) is 3.59. The number of esters is 1. The Labute approximate surface area is 118 Å². The molecule has 2 bridgehead atoms. The molecule has 0 unspecified atom stereocenters. The molecule has 3 aliphatic carbocycles. The van der Waals surface area contributed by atoms with E-state index in [2.05, 4.69) is 35.6 Å².